The predicted octanol–water partition coefficient (Wildman–Crippen LogP) is -2.18. The summed E-state index contributed by atoms with van der Waals surface area (Å²) >= 11 is 0. The quantitative estimate of drug-likeness (QED) is 0.544. The monoisotopic (exact) mass is 388 g/mol. The molecular formula is C17H27ClN3O3S-. The summed E-state index contributed by atoms with van der Waals surface area (Å²) in [6.07, 6.45) is 2.30. The molecule has 0 amide bonds. The molecule has 6 N–H and O–H groups in total. The lowest BCUT2D eigenvalue weighted by Crippen LogP contribution is -3.00. The average Bonchev–Trinajstić information content (AvgIpc) is 2.46. The third kappa shape index (κ3) is 4.71. The molecule has 1 aliphatic heterocycles. The molecule has 2 aromatic rings. The van der Waals surface area contributed by atoms with Crippen molar-refractivity contribution in [3.05, 3.63) is 46.3 Å². The van der Waals surface area contributed by atoms with Gasteiger partial charge in [0.25, 0.3) is 0 Å². The fraction of sp³-hybridized carbons (Fsp3) is 0.294. The van der Waals surface area contributed by atoms with Crippen LogP contribution in [0.1, 0.15) is 0 Å². The highest BCUT2D eigenvalue weighted by Gasteiger charge is 2.11. The van der Waals surface area contributed by atoms with Gasteiger partial charge in [-0.1, -0.05) is 0 Å². The SMILES string of the molecule is CN(C)c1ccc2c(c1)S(C)=c1cc(N(C)C)ccc1=N2.O.O.O.[Cl-]. The molecule has 0 fully saturated rings. The fourth-order valence-electron chi connectivity index (χ4n) is 2.49. The van der Waals surface area contributed by atoms with Crippen molar-refractivity contribution in [3.8, 4) is 0 Å². The molecule has 2 aromatic carbocycles. The first-order valence-corrected chi connectivity index (χ1v) is 8.61. The molecule has 1 unspecified atom stereocenters. The molecular weight excluding hydrogens is 362 g/mol. The number of hydrogen-bond donors (Lipinski definition) is 0. The van der Waals surface area contributed by atoms with Crippen LogP contribution in [0.5, 0.6) is 0 Å². The first-order chi connectivity index (χ1) is 9.97. The fourth-order valence-corrected chi connectivity index (χ4v) is 4.17. The molecule has 25 heavy (non-hydrogen) atoms. The van der Waals surface area contributed by atoms with E-state index in [1.54, 1.807) is 0 Å². The summed E-state index contributed by atoms with van der Waals surface area (Å²) in [5, 5.41) is 1.11. The van der Waals surface area contributed by atoms with Gasteiger partial charge in [-0.3, -0.25) is 0 Å². The second kappa shape index (κ2) is 9.74. The van der Waals surface area contributed by atoms with E-state index in [4.69, 9.17) is 4.99 Å². The molecule has 1 heterocycles. The van der Waals surface area contributed by atoms with Crippen LogP contribution in [0.25, 0.3) is 0 Å². The standard InChI is InChI=1S/C17H21N3S.ClH.3H2O/c1-19(2)12-6-8-14-16(10-12)21(5)17-11-13(20(3)4)7-9-15(17)18-14;;;;/h6-11H,1-5H3;1H;3*1H2/p-1. The highest BCUT2D eigenvalue weighted by atomic mass is 35.5. The van der Waals surface area contributed by atoms with Crippen LogP contribution in [0.2, 0.25) is 0 Å². The molecule has 0 saturated heterocycles. The van der Waals surface area contributed by atoms with E-state index >= 15 is 0 Å². The Morgan fingerprint density at radius 1 is 0.800 bits per heavy atom. The number of fused-ring (bicyclic) bond motifs is 2. The predicted molar refractivity (Wildman–Crippen MR) is 104 cm³/mol. The van der Waals surface area contributed by atoms with Gasteiger partial charge < -0.3 is 38.6 Å². The highest BCUT2D eigenvalue weighted by molar-refractivity contribution is 8.09. The van der Waals surface area contributed by atoms with E-state index in [0.29, 0.717) is 0 Å². The Hall–Kier alpha value is -1.64. The summed E-state index contributed by atoms with van der Waals surface area (Å²) in [7, 11) is 8.37. The van der Waals surface area contributed by atoms with Crippen LogP contribution >= 0.6 is 10.5 Å². The van der Waals surface area contributed by atoms with Crippen LogP contribution in [0, 0.1) is 4.51 Å². The maximum Gasteiger partial charge on any atom is 0.0770 e. The lowest BCUT2D eigenvalue weighted by atomic mass is 10.2. The van der Waals surface area contributed by atoms with E-state index in [1.807, 2.05) is 0 Å². The van der Waals surface area contributed by atoms with Crippen molar-refractivity contribution in [2.75, 3.05) is 44.2 Å². The molecule has 6 nitrogen and oxygen atoms in total. The van der Waals surface area contributed by atoms with Gasteiger partial charge in [0.15, 0.2) is 0 Å². The van der Waals surface area contributed by atoms with Gasteiger partial charge in [0, 0.05) is 49.0 Å². The van der Waals surface area contributed by atoms with E-state index < -0.39 is 0 Å². The Balaban J connectivity index is 0. The van der Waals surface area contributed by atoms with Crippen molar-refractivity contribution in [2.45, 2.75) is 4.90 Å². The smallest absolute Gasteiger partial charge is 0.0770 e. The molecule has 0 aromatic heterocycles. The van der Waals surface area contributed by atoms with E-state index in [0.717, 1.165) is 11.0 Å². The minimum absolute atomic E-state index is 0. The molecule has 0 bridgehead atoms. The van der Waals surface area contributed by atoms with Gasteiger partial charge in [-0.2, -0.15) is 0 Å². The summed E-state index contributed by atoms with van der Waals surface area (Å²) in [6.45, 7) is 0. The van der Waals surface area contributed by atoms with Crippen LogP contribution in [-0.2, 0) is 0 Å². The van der Waals surface area contributed by atoms with Gasteiger partial charge in [-0.05, 0) is 42.7 Å². The maximum absolute atomic E-state index is 4.83. The topological polar surface area (TPSA) is 113 Å². The minimum Gasteiger partial charge on any atom is -1.00 e. The van der Waals surface area contributed by atoms with Gasteiger partial charge in [0.1, 0.15) is 0 Å². The first kappa shape index (κ1) is 25.6. The highest BCUT2D eigenvalue weighted by Crippen LogP contribution is 2.39. The van der Waals surface area contributed by atoms with E-state index in [9.17, 15) is 0 Å². The second-order valence-corrected chi connectivity index (χ2v) is 7.62. The summed E-state index contributed by atoms with van der Waals surface area (Å²) in [4.78, 5) is 10.5. The lowest BCUT2D eigenvalue weighted by Gasteiger charge is -2.19. The van der Waals surface area contributed by atoms with Gasteiger partial charge in [-0.15, -0.1) is 10.5 Å². The molecule has 142 valence electrons. The lowest BCUT2D eigenvalue weighted by molar-refractivity contribution is -0.00000805. The summed E-state index contributed by atoms with van der Waals surface area (Å²) in [5.74, 6) is 0. The van der Waals surface area contributed by atoms with Gasteiger partial charge in [-0.25, -0.2) is 4.99 Å². The number of benzene rings is 2. The molecule has 8 heteroatoms. The first-order valence-electron chi connectivity index (χ1n) is 6.98. The number of rotatable bonds is 2. The van der Waals surface area contributed by atoms with Gasteiger partial charge in [0.05, 0.1) is 11.0 Å². The largest absolute Gasteiger partial charge is 1.00 e. The zero-order valence-corrected chi connectivity index (χ0v) is 16.7. The van der Waals surface area contributed by atoms with E-state index in [1.165, 1.54) is 20.8 Å². The van der Waals surface area contributed by atoms with E-state index in [2.05, 4.69) is 80.6 Å². The molecule has 0 spiro atoms. The Morgan fingerprint density at radius 2 is 1.32 bits per heavy atom. The van der Waals surface area contributed by atoms with Crippen LogP contribution in [-0.4, -0.2) is 50.9 Å². The van der Waals surface area contributed by atoms with Crippen molar-refractivity contribution < 1.29 is 28.8 Å². The molecule has 0 aliphatic carbocycles. The van der Waals surface area contributed by atoms with E-state index in [-0.39, 0.29) is 39.3 Å². The van der Waals surface area contributed by atoms with Crippen molar-refractivity contribution in [3.63, 3.8) is 0 Å². The summed E-state index contributed by atoms with van der Waals surface area (Å²) in [6, 6.07) is 13.1. The van der Waals surface area contributed by atoms with Crippen LogP contribution < -0.4 is 27.6 Å². The summed E-state index contributed by atoms with van der Waals surface area (Å²) in [5.41, 5.74) is 3.57. The number of hydrogen-bond acceptors (Lipinski definition) is 3. The maximum atomic E-state index is 4.83. The van der Waals surface area contributed by atoms with Crippen molar-refractivity contribution >= 4 is 27.5 Å². The minimum atomic E-state index is 0. The summed E-state index contributed by atoms with van der Waals surface area (Å²) < 4.78 is 1.34. The molecule has 0 saturated carbocycles. The zero-order chi connectivity index (χ0) is 15.1. The van der Waals surface area contributed by atoms with Gasteiger partial charge in [0.2, 0.25) is 0 Å². The van der Waals surface area contributed by atoms with Crippen molar-refractivity contribution in [1.82, 2.24) is 0 Å². The molecule has 1 atom stereocenters. The Bertz CT molecular complexity index is 842. The Kier molecular flexibility index (Phi) is 9.98. The third-order valence-corrected chi connectivity index (χ3v) is 5.79. The molecule has 0 radical (unpaired) electrons. The van der Waals surface area contributed by atoms with Gasteiger partial charge >= 0.3 is 0 Å². The molecule has 1 aliphatic rings. The van der Waals surface area contributed by atoms with Crippen molar-refractivity contribution in [1.29, 1.82) is 0 Å². The second-order valence-electron chi connectivity index (χ2n) is 5.72. The van der Waals surface area contributed by atoms with Crippen molar-refractivity contribution in [2.24, 2.45) is 4.99 Å². The Labute approximate surface area is 157 Å². The number of halogens is 1. The Morgan fingerprint density at radius 3 is 1.88 bits per heavy atom. The third-order valence-electron chi connectivity index (χ3n) is 3.82. The van der Waals surface area contributed by atoms with Crippen LogP contribution in [0.4, 0.5) is 17.1 Å². The van der Waals surface area contributed by atoms with Crippen LogP contribution in [0.3, 0.4) is 0 Å². The normalized spacial score (nSPS) is 13.2. The number of anilines is 2. The number of nitrogens with zero attached hydrogens (tertiary/aromatic N) is 3. The molecule has 3 rings (SSSR count). The average molecular weight is 389 g/mol. The van der Waals surface area contributed by atoms with Crippen LogP contribution in [0.15, 0.2) is 46.3 Å². The zero-order valence-electron chi connectivity index (χ0n) is 15.1.